The third kappa shape index (κ3) is 3.46. The number of benzene rings is 2. The van der Waals surface area contributed by atoms with Gasteiger partial charge in [-0.2, -0.15) is 0 Å². The van der Waals surface area contributed by atoms with Crippen LogP contribution in [0.5, 0.6) is 5.75 Å². The van der Waals surface area contributed by atoms with E-state index >= 15 is 0 Å². The maximum atomic E-state index is 13.7. The van der Waals surface area contributed by atoms with Gasteiger partial charge in [-0.05, 0) is 37.5 Å². The molecule has 2 aromatic carbocycles. The Morgan fingerprint density at radius 3 is 2.58 bits per heavy atom. The van der Waals surface area contributed by atoms with Gasteiger partial charge in [-0.15, -0.1) is 0 Å². The monoisotopic (exact) mass is 418 g/mol. The zero-order valence-corrected chi connectivity index (χ0v) is 17.6. The first kappa shape index (κ1) is 19.7. The summed E-state index contributed by atoms with van der Waals surface area (Å²) in [6.07, 6.45) is 4.18. The van der Waals surface area contributed by atoms with Gasteiger partial charge in [-0.25, -0.2) is 0 Å². The number of hydrogen-bond donors (Lipinski definition) is 1. The highest BCUT2D eigenvalue weighted by Crippen LogP contribution is 2.39. The van der Waals surface area contributed by atoms with E-state index in [0.29, 0.717) is 11.3 Å². The summed E-state index contributed by atoms with van der Waals surface area (Å²) < 4.78 is 12.0. The fourth-order valence-corrected chi connectivity index (χ4v) is 4.55. The number of carbonyl (C=O) groups excluding carboxylic acids is 2. The second kappa shape index (κ2) is 7.76. The van der Waals surface area contributed by atoms with Crippen molar-refractivity contribution in [3.05, 3.63) is 65.9 Å². The van der Waals surface area contributed by atoms with Crippen molar-refractivity contribution in [3.63, 3.8) is 0 Å². The Morgan fingerprint density at radius 1 is 1.10 bits per heavy atom. The summed E-state index contributed by atoms with van der Waals surface area (Å²) >= 11 is 0. The zero-order chi connectivity index (χ0) is 21.4. The Morgan fingerprint density at radius 2 is 1.81 bits per heavy atom. The highest BCUT2D eigenvalue weighted by atomic mass is 16.5. The largest absolute Gasteiger partial charge is 0.486 e. The van der Waals surface area contributed by atoms with Crippen molar-refractivity contribution in [1.82, 2.24) is 10.2 Å². The molecule has 5 rings (SSSR count). The third-order valence-corrected chi connectivity index (χ3v) is 6.45. The number of fused-ring (bicyclic) bond motifs is 3. The Bertz CT molecular complexity index is 1120. The number of para-hydroxylation sites is 1. The molecule has 0 saturated heterocycles. The molecule has 1 aliphatic heterocycles. The van der Waals surface area contributed by atoms with Gasteiger partial charge >= 0.3 is 0 Å². The summed E-state index contributed by atoms with van der Waals surface area (Å²) in [5.41, 5.74) is 0.368. The molecule has 1 aromatic heterocycles. The normalized spacial score (nSPS) is 21.6. The van der Waals surface area contributed by atoms with E-state index in [-0.39, 0.29) is 36.8 Å². The van der Waals surface area contributed by atoms with Gasteiger partial charge in [0.1, 0.15) is 12.2 Å². The first-order valence-corrected chi connectivity index (χ1v) is 10.9. The van der Waals surface area contributed by atoms with E-state index < -0.39 is 5.54 Å². The van der Waals surface area contributed by atoms with Crippen LogP contribution in [0.15, 0.2) is 59.0 Å². The molecule has 160 valence electrons. The molecule has 6 heteroatoms. The maximum Gasteiger partial charge on any atom is 0.294 e. The summed E-state index contributed by atoms with van der Waals surface area (Å²) in [5.74, 6) is 0.0420. The molecule has 1 saturated carbocycles. The van der Waals surface area contributed by atoms with Crippen LogP contribution in [-0.4, -0.2) is 34.9 Å². The van der Waals surface area contributed by atoms with Crippen LogP contribution < -0.4 is 10.1 Å². The van der Waals surface area contributed by atoms with Gasteiger partial charge in [0.15, 0.2) is 11.3 Å². The lowest BCUT2D eigenvalue weighted by atomic mass is 9.97. The number of ether oxygens (including phenoxy) is 1. The number of nitrogens with one attached hydrogen (secondary N) is 1. The molecule has 1 aliphatic carbocycles. The van der Waals surface area contributed by atoms with Crippen LogP contribution in [0.1, 0.15) is 48.7 Å². The molecular formula is C25H26N2O4. The van der Waals surface area contributed by atoms with E-state index in [4.69, 9.17) is 9.15 Å². The molecule has 2 aliphatic rings. The Kier molecular flexibility index (Phi) is 4.93. The van der Waals surface area contributed by atoms with Crippen LogP contribution in [-0.2, 0) is 11.3 Å². The molecule has 1 atom stereocenters. The van der Waals surface area contributed by atoms with Crippen LogP contribution >= 0.6 is 0 Å². The topological polar surface area (TPSA) is 71.8 Å². The molecule has 3 aromatic rings. The summed E-state index contributed by atoms with van der Waals surface area (Å²) in [7, 11) is 0. The lowest BCUT2D eigenvalue weighted by Gasteiger charge is -2.38. The maximum absolute atomic E-state index is 13.7. The summed E-state index contributed by atoms with van der Waals surface area (Å²) in [6, 6.07) is 17.3. The van der Waals surface area contributed by atoms with E-state index in [1.165, 1.54) is 0 Å². The molecule has 0 radical (unpaired) electrons. The summed E-state index contributed by atoms with van der Waals surface area (Å²) in [4.78, 5) is 28.8. The van der Waals surface area contributed by atoms with Gasteiger partial charge in [0, 0.05) is 12.6 Å². The molecule has 1 fully saturated rings. The van der Waals surface area contributed by atoms with Gasteiger partial charge in [-0.3, -0.25) is 9.59 Å². The smallest absolute Gasteiger partial charge is 0.294 e. The van der Waals surface area contributed by atoms with Crippen molar-refractivity contribution in [2.45, 2.75) is 50.7 Å². The van der Waals surface area contributed by atoms with Gasteiger partial charge in [0.25, 0.3) is 5.91 Å². The quantitative estimate of drug-likeness (QED) is 0.686. The van der Waals surface area contributed by atoms with Gasteiger partial charge in [-0.1, -0.05) is 55.3 Å². The first-order valence-electron chi connectivity index (χ1n) is 10.9. The van der Waals surface area contributed by atoms with E-state index in [0.717, 1.165) is 36.6 Å². The number of nitrogens with zero attached hydrogens (tertiary/aromatic N) is 1. The first-order chi connectivity index (χ1) is 15.1. The fraction of sp³-hybridized carbons (Fsp3) is 0.360. The number of carbonyl (C=O) groups is 2. The van der Waals surface area contributed by atoms with Crippen molar-refractivity contribution >= 4 is 22.8 Å². The minimum Gasteiger partial charge on any atom is -0.486 e. The Balaban J connectivity index is 1.55. The van der Waals surface area contributed by atoms with E-state index in [2.05, 4.69) is 5.32 Å². The standard InChI is InChI=1S/C25H26N2O4/c1-25(24(29)26-18-11-5-6-12-18)16-30-21-19-13-7-8-14-20(19)31-22(21)23(28)27(25)15-17-9-3-2-4-10-17/h2-4,7-10,13-14,18H,5-6,11-12,15-16H2,1H3,(H,26,29). The second-order valence-corrected chi connectivity index (χ2v) is 8.65. The van der Waals surface area contributed by atoms with Gasteiger partial charge in [0.05, 0.1) is 5.39 Å². The van der Waals surface area contributed by atoms with Crippen LogP contribution in [0.25, 0.3) is 11.0 Å². The number of furan rings is 1. The Labute approximate surface area is 181 Å². The second-order valence-electron chi connectivity index (χ2n) is 8.65. The minimum absolute atomic E-state index is 0.0562. The lowest BCUT2D eigenvalue weighted by molar-refractivity contribution is -0.133. The summed E-state index contributed by atoms with van der Waals surface area (Å²) in [6.45, 7) is 2.13. The average Bonchev–Trinajstić information content (AvgIpc) is 3.41. The number of rotatable bonds is 4. The van der Waals surface area contributed by atoms with Crippen LogP contribution in [0, 0.1) is 0 Å². The molecule has 1 N–H and O–H groups in total. The average molecular weight is 418 g/mol. The predicted octanol–water partition coefficient (Wildman–Crippen LogP) is 4.29. The molecule has 31 heavy (non-hydrogen) atoms. The van der Waals surface area contributed by atoms with E-state index in [9.17, 15) is 9.59 Å². The van der Waals surface area contributed by atoms with E-state index in [1.807, 2.05) is 54.6 Å². The highest BCUT2D eigenvalue weighted by molar-refractivity contribution is 6.04. The van der Waals surface area contributed by atoms with Crippen LogP contribution in [0.4, 0.5) is 0 Å². The van der Waals surface area contributed by atoms with Crippen LogP contribution in [0.2, 0.25) is 0 Å². The van der Waals surface area contributed by atoms with E-state index in [1.54, 1.807) is 11.8 Å². The van der Waals surface area contributed by atoms with Crippen molar-refractivity contribution in [2.24, 2.45) is 0 Å². The molecule has 0 bridgehead atoms. The van der Waals surface area contributed by atoms with Crippen molar-refractivity contribution in [1.29, 1.82) is 0 Å². The molecule has 6 nitrogen and oxygen atoms in total. The molecule has 0 spiro atoms. The summed E-state index contributed by atoms with van der Waals surface area (Å²) in [5, 5.41) is 3.91. The molecule has 1 unspecified atom stereocenters. The molecule has 2 amide bonds. The van der Waals surface area contributed by atoms with Gasteiger partial charge < -0.3 is 19.4 Å². The third-order valence-electron chi connectivity index (χ3n) is 6.45. The minimum atomic E-state index is -1.17. The highest BCUT2D eigenvalue weighted by Gasteiger charge is 2.48. The number of amides is 2. The zero-order valence-electron chi connectivity index (χ0n) is 17.6. The number of hydrogen-bond acceptors (Lipinski definition) is 4. The van der Waals surface area contributed by atoms with Crippen molar-refractivity contribution < 1.29 is 18.7 Å². The van der Waals surface area contributed by atoms with Crippen molar-refractivity contribution in [2.75, 3.05) is 6.61 Å². The molecular weight excluding hydrogens is 392 g/mol. The lowest BCUT2D eigenvalue weighted by Crippen LogP contribution is -2.61. The predicted molar refractivity (Wildman–Crippen MR) is 117 cm³/mol. The van der Waals surface area contributed by atoms with Crippen molar-refractivity contribution in [3.8, 4) is 5.75 Å². The Hall–Kier alpha value is -3.28. The van der Waals surface area contributed by atoms with Crippen LogP contribution in [0.3, 0.4) is 0 Å². The SMILES string of the molecule is CC1(C(=O)NC2CCCC2)COc2c(oc3ccccc23)C(=O)N1Cc1ccccc1. The fourth-order valence-electron chi connectivity index (χ4n) is 4.55. The molecule has 2 heterocycles. The van der Waals surface area contributed by atoms with Gasteiger partial charge in [0.2, 0.25) is 11.7 Å².